The molecule has 1 amide bonds. The summed E-state index contributed by atoms with van der Waals surface area (Å²) in [6.07, 6.45) is 1.49. The van der Waals surface area contributed by atoms with Crippen molar-refractivity contribution < 1.29 is 14.1 Å². The lowest BCUT2D eigenvalue weighted by molar-refractivity contribution is 0.0946. The number of hydrogen-bond acceptors (Lipinski definition) is 5. The van der Waals surface area contributed by atoms with Crippen molar-refractivity contribution in [3.05, 3.63) is 64.0 Å². The van der Waals surface area contributed by atoms with Crippen LogP contribution in [0.2, 0.25) is 0 Å². The van der Waals surface area contributed by atoms with Crippen LogP contribution in [0.3, 0.4) is 0 Å². The SMILES string of the molecule is COc1cnc(Br)cc1C(=O)NCc1noc(-c2ccccc2)c1C. The van der Waals surface area contributed by atoms with Crippen LogP contribution in [0.15, 0.2) is 51.7 Å². The van der Waals surface area contributed by atoms with Crippen molar-refractivity contribution in [1.29, 1.82) is 0 Å². The molecule has 3 aromatic rings. The summed E-state index contributed by atoms with van der Waals surface area (Å²) in [5, 5.41) is 6.91. The Bertz CT molecular complexity index is 894. The number of pyridine rings is 1. The Morgan fingerprint density at radius 1 is 1.32 bits per heavy atom. The summed E-state index contributed by atoms with van der Waals surface area (Å²) in [6, 6.07) is 11.3. The van der Waals surface area contributed by atoms with Gasteiger partial charge in [0.15, 0.2) is 5.76 Å². The van der Waals surface area contributed by atoms with E-state index in [0.29, 0.717) is 27.4 Å². The molecule has 0 aliphatic carbocycles. The van der Waals surface area contributed by atoms with E-state index in [0.717, 1.165) is 11.1 Å². The molecule has 0 saturated heterocycles. The van der Waals surface area contributed by atoms with Crippen molar-refractivity contribution >= 4 is 21.8 Å². The zero-order valence-electron chi connectivity index (χ0n) is 13.7. The van der Waals surface area contributed by atoms with E-state index in [4.69, 9.17) is 9.26 Å². The summed E-state index contributed by atoms with van der Waals surface area (Å²) in [5.74, 6) is 0.834. The van der Waals surface area contributed by atoms with E-state index >= 15 is 0 Å². The largest absolute Gasteiger partial charge is 0.494 e. The van der Waals surface area contributed by atoms with Gasteiger partial charge in [-0.2, -0.15) is 0 Å². The van der Waals surface area contributed by atoms with Crippen LogP contribution >= 0.6 is 15.9 Å². The number of carbonyl (C=O) groups is 1. The van der Waals surface area contributed by atoms with Gasteiger partial charge in [0, 0.05) is 11.1 Å². The molecule has 7 heteroatoms. The van der Waals surface area contributed by atoms with Gasteiger partial charge in [-0.15, -0.1) is 0 Å². The first-order valence-corrected chi connectivity index (χ1v) is 8.37. The minimum Gasteiger partial charge on any atom is -0.494 e. The maximum Gasteiger partial charge on any atom is 0.255 e. The average Bonchev–Trinajstić information content (AvgIpc) is 3.01. The molecular weight excluding hydrogens is 386 g/mol. The first kappa shape index (κ1) is 17.2. The lowest BCUT2D eigenvalue weighted by Gasteiger charge is -2.08. The molecule has 1 aromatic carbocycles. The Balaban J connectivity index is 1.76. The quantitative estimate of drug-likeness (QED) is 0.658. The van der Waals surface area contributed by atoms with Crippen molar-refractivity contribution in [2.45, 2.75) is 13.5 Å². The molecular formula is C18H16BrN3O3. The molecule has 0 atom stereocenters. The zero-order chi connectivity index (χ0) is 17.8. The number of amides is 1. The van der Waals surface area contributed by atoms with Gasteiger partial charge in [-0.3, -0.25) is 4.79 Å². The van der Waals surface area contributed by atoms with E-state index in [1.54, 1.807) is 6.07 Å². The standard InChI is InChI=1S/C18H16BrN3O3/c1-11-14(22-25-17(11)12-6-4-3-5-7-12)9-21-18(23)13-8-16(19)20-10-15(13)24-2/h3-8,10H,9H2,1-2H3,(H,21,23). The molecule has 0 fully saturated rings. The van der Waals surface area contributed by atoms with Crippen LogP contribution in [0.25, 0.3) is 11.3 Å². The van der Waals surface area contributed by atoms with Gasteiger partial charge in [0.25, 0.3) is 5.91 Å². The molecule has 2 heterocycles. The number of methoxy groups -OCH3 is 1. The number of hydrogen-bond donors (Lipinski definition) is 1. The number of ether oxygens (including phenoxy) is 1. The molecule has 6 nitrogen and oxygen atoms in total. The predicted octanol–water partition coefficient (Wildman–Crippen LogP) is 3.75. The molecule has 0 aliphatic heterocycles. The second-order valence-electron chi connectivity index (χ2n) is 5.34. The summed E-state index contributed by atoms with van der Waals surface area (Å²) in [6.45, 7) is 2.17. The average molecular weight is 402 g/mol. The third kappa shape index (κ3) is 3.71. The Morgan fingerprint density at radius 2 is 2.08 bits per heavy atom. The van der Waals surface area contributed by atoms with Crippen molar-refractivity contribution in [3.8, 4) is 17.1 Å². The normalized spacial score (nSPS) is 10.5. The minimum atomic E-state index is -0.274. The summed E-state index contributed by atoms with van der Waals surface area (Å²) >= 11 is 3.26. The summed E-state index contributed by atoms with van der Waals surface area (Å²) < 4.78 is 11.2. The third-order valence-corrected chi connectivity index (χ3v) is 4.21. The molecule has 0 bridgehead atoms. The molecule has 0 unspecified atom stereocenters. The van der Waals surface area contributed by atoms with Gasteiger partial charge >= 0.3 is 0 Å². The number of nitrogens with one attached hydrogen (secondary N) is 1. The number of benzene rings is 1. The summed E-state index contributed by atoms with van der Waals surface area (Å²) in [4.78, 5) is 16.5. The second kappa shape index (κ2) is 7.48. The van der Waals surface area contributed by atoms with Gasteiger partial charge in [-0.05, 0) is 28.9 Å². The van der Waals surface area contributed by atoms with Crippen molar-refractivity contribution in [2.24, 2.45) is 0 Å². The van der Waals surface area contributed by atoms with Gasteiger partial charge in [0.05, 0.1) is 25.4 Å². The fourth-order valence-corrected chi connectivity index (χ4v) is 2.74. The van der Waals surface area contributed by atoms with Crippen LogP contribution in [0.4, 0.5) is 0 Å². The highest BCUT2D eigenvalue weighted by Gasteiger charge is 2.17. The highest BCUT2D eigenvalue weighted by atomic mass is 79.9. The molecule has 0 radical (unpaired) electrons. The van der Waals surface area contributed by atoms with Crippen LogP contribution in [-0.2, 0) is 6.54 Å². The predicted molar refractivity (Wildman–Crippen MR) is 96.3 cm³/mol. The van der Waals surface area contributed by atoms with E-state index < -0.39 is 0 Å². The summed E-state index contributed by atoms with van der Waals surface area (Å²) in [5.41, 5.74) is 2.92. The fourth-order valence-electron chi connectivity index (χ4n) is 2.41. The summed E-state index contributed by atoms with van der Waals surface area (Å²) in [7, 11) is 1.50. The van der Waals surface area contributed by atoms with Gasteiger partial charge in [0.1, 0.15) is 16.0 Å². The number of halogens is 1. The number of nitrogens with zero attached hydrogens (tertiary/aromatic N) is 2. The maximum absolute atomic E-state index is 12.4. The maximum atomic E-state index is 12.4. The Hall–Kier alpha value is -2.67. The Kier molecular flexibility index (Phi) is 5.14. The van der Waals surface area contributed by atoms with E-state index in [-0.39, 0.29) is 12.5 Å². The molecule has 2 aromatic heterocycles. The highest BCUT2D eigenvalue weighted by Crippen LogP contribution is 2.25. The molecule has 128 valence electrons. The Labute approximate surface area is 153 Å². The Morgan fingerprint density at radius 3 is 2.80 bits per heavy atom. The minimum absolute atomic E-state index is 0.254. The van der Waals surface area contributed by atoms with Gasteiger partial charge < -0.3 is 14.6 Å². The van der Waals surface area contributed by atoms with Crippen molar-refractivity contribution in [2.75, 3.05) is 7.11 Å². The zero-order valence-corrected chi connectivity index (χ0v) is 15.3. The topological polar surface area (TPSA) is 77.2 Å². The lowest BCUT2D eigenvalue weighted by atomic mass is 10.1. The highest BCUT2D eigenvalue weighted by molar-refractivity contribution is 9.10. The van der Waals surface area contributed by atoms with Crippen LogP contribution in [0.1, 0.15) is 21.6 Å². The van der Waals surface area contributed by atoms with Crippen LogP contribution in [-0.4, -0.2) is 23.2 Å². The van der Waals surface area contributed by atoms with Crippen molar-refractivity contribution in [1.82, 2.24) is 15.5 Å². The van der Waals surface area contributed by atoms with E-state index in [2.05, 4.69) is 31.4 Å². The first-order chi connectivity index (χ1) is 12.1. The van der Waals surface area contributed by atoms with Crippen molar-refractivity contribution in [3.63, 3.8) is 0 Å². The van der Waals surface area contributed by atoms with E-state index in [1.807, 2.05) is 37.3 Å². The number of rotatable bonds is 5. The third-order valence-electron chi connectivity index (χ3n) is 3.77. The second-order valence-corrected chi connectivity index (χ2v) is 6.15. The lowest BCUT2D eigenvalue weighted by Crippen LogP contribution is -2.24. The van der Waals surface area contributed by atoms with E-state index in [1.165, 1.54) is 13.3 Å². The smallest absolute Gasteiger partial charge is 0.255 e. The molecule has 25 heavy (non-hydrogen) atoms. The van der Waals surface area contributed by atoms with Crippen LogP contribution < -0.4 is 10.1 Å². The van der Waals surface area contributed by atoms with Gasteiger partial charge in [-0.1, -0.05) is 35.5 Å². The van der Waals surface area contributed by atoms with Gasteiger partial charge in [-0.25, -0.2) is 4.98 Å². The molecule has 3 rings (SSSR count). The first-order valence-electron chi connectivity index (χ1n) is 7.58. The monoisotopic (exact) mass is 401 g/mol. The van der Waals surface area contributed by atoms with Crippen LogP contribution in [0.5, 0.6) is 5.75 Å². The fraction of sp³-hybridized carbons (Fsp3) is 0.167. The van der Waals surface area contributed by atoms with E-state index in [9.17, 15) is 4.79 Å². The molecule has 0 saturated carbocycles. The number of aromatic nitrogens is 2. The van der Waals surface area contributed by atoms with Crippen LogP contribution in [0, 0.1) is 6.92 Å². The molecule has 0 aliphatic rings. The van der Waals surface area contributed by atoms with Gasteiger partial charge in [0.2, 0.25) is 0 Å². The molecule has 0 spiro atoms. The number of carbonyl (C=O) groups excluding carboxylic acids is 1. The molecule has 1 N–H and O–H groups in total.